The Kier molecular flexibility index (Phi) is 8.11. The third kappa shape index (κ3) is 5.61. The molecule has 0 aliphatic heterocycles. The van der Waals surface area contributed by atoms with E-state index in [1.165, 1.54) is 96.6 Å². The first-order valence-corrected chi connectivity index (χ1v) is 21.4. The molecule has 1 aromatic heterocycles. The van der Waals surface area contributed by atoms with Crippen molar-refractivity contribution in [1.29, 1.82) is 0 Å². The average molecular weight is 780 g/mol. The molecule has 0 aliphatic rings. The standard InChI is InChI=1S/C58H37NS/c1-3-16-38(17-4-1)57-51-28-12-10-25-47(51)48-32-30-41(35-53(48)58(57)39-18-5-2-6-19-39)40-21-15-22-43(34-40)59(44-31-33-56-52(37-44)50-27-13-14-29-55(50)60-56)54-36-42-20-7-8-23-45(42)46-24-9-11-26-49(46)54/h1-37H. The molecule has 1 nitrogen and oxygen atoms in total. The van der Waals surface area contributed by atoms with Crippen molar-refractivity contribution < 1.29 is 0 Å². The predicted octanol–water partition coefficient (Wildman–Crippen LogP) is 17.1. The fraction of sp³-hybridized carbons (Fsp3) is 0. The van der Waals surface area contributed by atoms with Crippen molar-refractivity contribution in [3.8, 4) is 33.4 Å². The molecule has 0 N–H and O–H groups in total. The lowest BCUT2D eigenvalue weighted by Gasteiger charge is -2.28. The van der Waals surface area contributed by atoms with E-state index in [9.17, 15) is 0 Å². The Morgan fingerprint density at radius 2 is 0.800 bits per heavy atom. The van der Waals surface area contributed by atoms with Crippen LogP contribution in [-0.4, -0.2) is 0 Å². The third-order valence-electron chi connectivity index (χ3n) is 12.2. The quantitative estimate of drug-likeness (QED) is 0.152. The Hall–Kier alpha value is -7.52. The van der Waals surface area contributed by atoms with Crippen molar-refractivity contribution in [2.45, 2.75) is 0 Å². The maximum absolute atomic E-state index is 2.47. The van der Waals surface area contributed by atoms with Crippen LogP contribution in [0, 0.1) is 0 Å². The zero-order valence-electron chi connectivity index (χ0n) is 32.7. The van der Waals surface area contributed by atoms with Crippen LogP contribution in [0.1, 0.15) is 0 Å². The molecule has 60 heavy (non-hydrogen) atoms. The summed E-state index contributed by atoms with van der Waals surface area (Å²) in [7, 11) is 0. The van der Waals surface area contributed by atoms with Crippen molar-refractivity contribution in [3.05, 3.63) is 224 Å². The largest absolute Gasteiger partial charge is 0.310 e. The highest BCUT2D eigenvalue weighted by Crippen LogP contribution is 2.48. The molecule has 12 rings (SSSR count). The summed E-state index contributed by atoms with van der Waals surface area (Å²) in [6.07, 6.45) is 0. The SMILES string of the molecule is c1ccc(-c2c(-c3ccccc3)c3cc(-c4cccc(N(c5ccc6sc7ccccc7c6c5)c5cc6ccccc6c6ccccc56)c4)ccc3c3ccccc23)cc1. The fourth-order valence-electron chi connectivity index (χ4n) is 9.50. The van der Waals surface area contributed by atoms with Crippen molar-refractivity contribution in [3.63, 3.8) is 0 Å². The number of hydrogen-bond donors (Lipinski definition) is 0. The van der Waals surface area contributed by atoms with Gasteiger partial charge in [0.25, 0.3) is 0 Å². The first-order valence-electron chi connectivity index (χ1n) is 20.6. The minimum absolute atomic E-state index is 1.11. The highest BCUT2D eigenvalue weighted by Gasteiger charge is 2.21. The monoisotopic (exact) mass is 779 g/mol. The van der Waals surface area contributed by atoms with Crippen LogP contribution < -0.4 is 4.90 Å². The number of nitrogens with zero attached hydrogens (tertiary/aromatic N) is 1. The van der Waals surface area contributed by atoms with Crippen molar-refractivity contribution in [1.82, 2.24) is 0 Å². The molecule has 0 bridgehead atoms. The summed E-state index contributed by atoms with van der Waals surface area (Å²) in [5.41, 5.74) is 10.7. The second-order valence-corrected chi connectivity index (χ2v) is 16.7. The lowest BCUT2D eigenvalue weighted by Crippen LogP contribution is -2.10. The Labute approximate surface area is 352 Å². The van der Waals surface area contributed by atoms with Crippen molar-refractivity contribution in [2.24, 2.45) is 0 Å². The van der Waals surface area contributed by atoms with E-state index in [-0.39, 0.29) is 0 Å². The molecule has 0 aliphatic carbocycles. The number of anilines is 3. The van der Waals surface area contributed by atoms with Gasteiger partial charge in [0.05, 0.1) is 5.69 Å². The lowest BCUT2D eigenvalue weighted by molar-refractivity contribution is 1.31. The summed E-state index contributed by atoms with van der Waals surface area (Å²) < 4.78 is 2.61. The van der Waals surface area contributed by atoms with Gasteiger partial charge in [-0.2, -0.15) is 0 Å². The van der Waals surface area contributed by atoms with Crippen LogP contribution in [0.4, 0.5) is 17.1 Å². The molecule has 11 aromatic carbocycles. The predicted molar refractivity (Wildman–Crippen MR) is 260 cm³/mol. The van der Waals surface area contributed by atoms with Gasteiger partial charge in [0.15, 0.2) is 0 Å². The summed E-state index contributed by atoms with van der Waals surface area (Å²) in [4.78, 5) is 2.47. The topological polar surface area (TPSA) is 3.24 Å². The lowest BCUT2D eigenvalue weighted by atomic mass is 9.84. The third-order valence-corrected chi connectivity index (χ3v) is 13.3. The van der Waals surface area contributed by atoms with Gasteiger partial charge in [0.1, 0.15) is 0 Å². The molecule has 0 saturated carbocycles. The van der Waals surface area contributed by atoms with Gasteiger partial charge in [-0.3, -0.25) is 0 Å². The second-order valence-electron chi connectivity index (χ2n) is 15.6. The van der Waals surface area contributed by atoms with Gasteiger partial charge in [0.2, 0.25) is 0 Å². The van der Waals surface area contributed by atoms with E-state index >= 15 is 0 Å². The average Bonchev–Trinajstić information content (AvgIpc) is 3.70. The van der Waals surface area contributed by atoms with E-state index in [1.54, 1.807) is 0 Å². The molecule has 2 heteroatoms. The first-order chi connectivity index (χ1) is 29.8. The van der Waals surface area contributed by atoms with Crippen molar-refractivity contribution >= 4 is 91.7 Å². The minimum atomic E-state index is 1.11. The molecule has 0 spiro atoms. The van der Waals surface area contributed by atoms with Gasteiger partial charge in [0, 0.05) is 36.9 Å². The van der Waals surface area contributed by atoms with Crippen LogP contribution in [0.2, 0.25) is 0 Å². The Balaban J connectivity index is 1.11. The Bertz CT molecular complexity index is 3600. The number of rotatable bonds is 6. The summed E-state index contributed by atoms with van der Waals surface area (Å²) >= 11 is 1.86. The molecule has 1 heterocycles. The van der Waals surface area contributed by atoms with E-state index < -0.39 is 0 Å². The highest BCUT2D eigenvalue weighted by molar-refractivity contribution is 7.25. The highest BCUT2D eigenvalue weighted by atomic mass is 32.1. The van der Waals surface area contributed by atoms with Gasteiger partial charge in [-0.15, -0.1) is 11.3 Å². The van der Waals surface area contributed by atoms with Crippen LogP contribution in [0.3, 0.4) is 0 Å². The summed E-state index contributed by atoms with van der Waals surface area (Å²) in [5.74, 6) is 0. The number of hydrogen-bond acceptors (Lipinski definition) is 2. The zero-order valence-corrected chi connectivity index (χ0v) is 33.5. The maximum atomic E-state index is 2.47. The van der Waals surface area contributed by atoms with Crippen LogP contribution >= 0.6 is 11.3 Å². The van der Waals surface area contributed by atoms with Crippen LogP contribution in [0.5, 0.6) is 0 Å². The normalized spacial score (nSPS) is 11.7. The Morgan fingerprint density at radius 1 is 0.267 bits per heavy atom. The maximum Gasteiger partial charge on any atom is 0.0546 e. The molecule has 0 fully saturated rings. The van der Waals surface area contributed by atoms with Gasteiger partial charge >= 0.3 is 0 Å². The molecule has 0 radical (unpaired) electrons. The van der Waals surface area contributed by atoms with Crippen LogP contribution in [-0.2, 0) is 0 Å². The van der Waals surface area contributed by atoms with Crippen LogP contribution in [0.25, 0.3) is 96.6 Å². The van der Waals surface area contributed by atoms with Crippen LogP contribution in [0.15, 0.2) is 224 Å². The smallest absolute Gasteiger partial charge is 0.0546 e. The summed E-state index contributed by atoms with van der Waals surface area (Å²) in [6.45, 7) is 0. The summed E-state index contributed by atoms with van der Waals surface area (Å²) in [5, 5.41) is 12.5. The fourth-order valence-corrected chi connectivity index (χ4v) is 10.6. The Morgan fingerprint density at radius 3 is 1.57 bits per heavy atom. The molecule has 12 aromatic rings. The van der Waals surface area contributed by atoms with Gasteiger partial charge < -0.3 is 4.90 Å². The molecular formula is C58H37NS. The zero-order chi connectivity index (χ0) is 39.6. The molecule has 280 valence electrons. The van der Waals surface area contributed by atoms with E-state index in [0.29, 0.717) is 0 Å². The molecule has 0 atom stereocenters. The first kappa shape index (κ1) is 34.5. The number of thiophene rings is 1. The number of benzene rings is 11. The van der Waals surface area contributed by atoms with Gasteiger partial charge in [-0.25, -0.2) is 0 Å². The molecular weight excluding hydrogens is 743 g/mol. The van der Waals surface area contributed by atoms with Crippen molar-refractivity contribution in [2.75, 3.05) is 4.90 Å². The van der Waals surface area contributed by atoms with Gasteiger partial charge in [-0.05, 0) is 120 Å². The van der Waals surface area contributed by atoms with E-state index in [0.717, 1.165) is 17.1 Å². The molecule has 0 amide bonds. The molecule has 0 saturated heterocycles. The van der Waals surface area contributed by atoms with E-state index in [2.05, 4.69) is 229 Å². The summed E-state index contributed by atoms with van der Waals surface area (Å²) in [6, 6.07) is 82.6. The van der Waals surface area contributed by atoms with E-state index in [1.807, 2.05) is 11.3 Å². The second kappa shape index (κ2) is 14.1. The number of fused-ring (bicyclic) bond motifs is 9. The minimum Gasteiger partial charge on any atom is -0.310 e. The molecule has 0 unspecified atom stereocenters. The van der Waals surface area contributed by atoms with Gasteiger partial charge in [-0.1, -0.05) is 176 Å². The van der Waals surface area contributed by atoms with E-state index in [4.69, 9.17) is 0 Å².